The molecule has 1 heterocycles. The van der Waals surface area contributed by atoms with E-state index in [0.717, 1.165) is 11.3 Å². The molecule has 3 rings (SSSR count). The number of nitrogens with one attached hydrogen (secondary N) is 1. The number of ether oxygens (including phenoxy) is 2. The van der Waals surface area contributed by atoms with Crippen LogP contribution in [0, 0.1) is 6.92 Å². The number of aromatic nitrogens is 3. The summed E-state index contributed by atoms with van der Waals surface area (Å²) in [5.41, 5.74) is 1.83. The monoisotopic (exact) mass is 426 g/mol. The van der Waals surface area contributed by atoms with Gasteiger partial charge in [0.1, 0.15) is 0 Å². The molecule has 0 bridgehead atoms. The van der Waals surface area contributed by atoms with Gasteiger partial charge in [-0.3, -0.25) is 4.79 Å². The molecule has 0 aliphatic rings. The van der Waals surface area contributed by atoms with Crippen LogP contribution in [-0.2, 0) is 11.8 Å². The Bertz CT molecular complexity index is 1020. The number of benzene rings is 2. The average molecular weight is 427 g/mol. The highest BCUT2D eigenvalue weighted by Gasteiger charge is 2.22. The molecule has 30 heavy (non-hydrogen) atoms. The molecule has 0 saturated heterocycles. The van der Waals surface area contributed by atoms with Gasteiger partial charge in [0, 0.05) is 12.7 Å². The number of anilines is 1. The lowest BCUT2D eigenvalue weighted by atomic mass is 10.2. The first-order valence-corrected chi connectivity index (χ1v) is 10.5. The maximum Gasteiger partial charge on any atom is 0.237 e. The van der Waals surface area contributed by atoms with Crippen LogP contribution in [0.25, 0.3) is 0 Å². The molecule has 2 aromatic carbocycles. The Morgan fingerprint density at radius 3 is 2.43 bits per heavy atom. The largest absolute Gasteiger partial charge is 0.493 e. The zero-order chi connectivity index (χ0) is 21.7. The number of nitrogens with zero attached hydrogens (tertiary/aromatic N) is 3. The third-order valence-electron chi connectivity index (χ3n) is 4.66. The summed E-state index contributed by atoms with van der Waals surface area (Å²) in [7, 11) is 3.47. The fourth-order valence-corrected chi connectivity index (χ4v) is 3.72. The van der Waals surface area contributed by atoms with Gasteiger partial charge in [0.2, 0.25) is 5.91 Å². The van der Waals surface area contributed by atoms with Crippen molar-refractivity contribution in [3.8, 4) is 11.5 Å². The van der Waals surface area contributed by atoms with Gasteiger partial charge in [0.25, 0.3) is 0 Å². The summed E-state index contributed by atoms with van der Waals surface area (Å²) >= 11 is 1.35. The number of amides is 1. The standard InChI is InChI=1S/C22H26N4O3S/c1-14-10-6-7-11-17(14)23-21(27)16(3)30-22-25-24-20(26(22)4)15(2)29-19-13-9-8-12-18(19)28-5/h6-13,15-16H,1-5H3,(H,23,27). The Kier molecular flexibility index (Phi) is 6.99. The fourth-order valence-electron chi connectivity index (χ4n) is 2.90. The summed E-state index contributed by atoms with van der Waals surface area (Å²) in [5.74, 6) is 1.87. The van der Waals surface area contributed by atoms with E-state index in [0.29, 0.717) is 22.5 Å². The third kappa shape index (κ3) is 4.94. The van der Waals surface area contributed by atoms with Crippen molar-refractivity contribution in [3.63, 3.8) is 0 Å². The second-order valence-corrected chi connectivity index (χ2v) is 8.18. The summed E-state index contributed by atoms with van der Waals surface area (Å²) in [5, 5.41) is 11.8. The quantitative estimate of drug-likeness (QED) is 0.538. The minimum Gasteiger partial charge on any atom is -0.493 e. The Morgan fingerprint density at radius 2 is 1.73 bits per heavy atom. The molecule has 0 radical (unpaired) electrons. The van der Waals surface area contributed by atoms with Crippen LogP contribution in [0.1, 0.15) is 31.3 Å². The highest BCUT2D eigenvalue weighted by atomic mass is 32.2. The lowest BCUT2D eigenvalue weighted by molar-refractivity contribution is -0.115. The van der Waals surface area contributed by atoms with E-state index in [-0.39, 0.29) is 17.3 Å². The predicted molar refractivity (Wildman–Crippen MR) is 118 cm³/mol. The van der Waals surface area contributed by atoms with Crippen LogP contribution in [0.5, 0.6) is 11.5 Å². The van der Waals surface area contributed by atoms with Gasteiger partial charge < -0.3 is 19.4 Å². The van der Waals surface area contributed by atoms with E-state index in [1.165, 1.54) is 11.8 Å². The van der Waals surface area contributed by atoms with E-state index >= 15 is 0 Å². The van der Waals surface area contributed by atoms with Gasteiger partial charge in [0.15, 0.2) is 28.6 Å². The lowest BCUT2D eigenvalue weighted by Crippen LogP contribution is -2.23. The van der Waals surface area contributed by atoms with Crippen LogP contribution in [0.4, 0.5) is 5.69 Å². The van der Waals surface area contributed by atoms with Crippen molar-refractivity contribution in [3.05, 3.63) is 59.9 Å². The first kappa shape index (κ1) is 21.7. The van der Waals surface area contributed by atoms with Crippen LogP contribution in [0.2, 0.25) is 0 Å². The maximum absolute atomic E-state index is 12.6. The zero-order valence-electron chi connectivity index (χ0n) is 17.7. The number of hydrogen-bond donors (Lipinski definition) is 1. The molecule has 0 fully saturated rings. The number of para-hydroxylation sites is 3. The topological polar surface area (TPSA) is 78.3 Å². The lowest BCUT2D eigenvalue weighted by Gasteiger charge is -2.17. The average Bonchev–Trinajstić information content (AvgIpc) is 3.10. The molecule has 1 N–H and O–H groups in total. The minimum atomic E-state index is -0.343. The molecule has 1 amide bonds. The SMILES string of the molecule is COc1ccccc1OC(C)c1nnc(SC(C)C(=O)Nc2ccccc2C)n1C. The molecule has 2 atom stereocenters. The number of methoxy groups -OCH3 is 1. The van der Waals surface area contributed by atoms with Crippen molar-refractivity contribution >= 4 is 23.4 Å². The second-order valence-electron chi connectivity index (χ2n) is 6.87. The van der Waals surface area contributed by atoms with Crippen molar-refractivity contribution in [2.75, 3.05) is 12.4 Å². The maximum atomic E-state index is 12.6. The Morgan fingerprint density at radius 1 is 1.07 bits per heavy atom. The van der Waals surface area contributed by atoms with E-state index in [9.17, 15) is 4.79 Å². The van der Waals surface area contributed by atoms with Gasteiger partial charge in [-0.05, 0) is 44.5 Å². The summed E-state index contributed by atoms with van der Waals surface area (Å²) in [4.78, 5) is 12.6. The first-order valence-electron chi connectivity index (χ1n) is 9.62. The highest BCUT2D eigenvalue weighted by Crippen LogP contribution is 2.31. The molecule has 7 nitrogen and oxygen atoms in total. The van der Waals surface area contributed by atoms with Gasteiger partial charge in [-0.25, -0.2) is 0 Å². The number of thioether (sulfide) groups is 1. The van der Waals surface area contributed by atoms with Gasteiger partial charge >= 0.3 is 0 Å². The normalized spacial score (nSPS) is 12.8. The summed E-state index contributed by atoms with van der Waals surface area (Å²) in [6, 6.07) is 15.2. The zero-order valence-corrected chi connectivity index (χ0v) is 18.6. The Hall–Kier alpha value is -3.00. The summed E-state index contributed by atoms with van der Waals surface area (Å²) in [6.45, 7) is 5.71. The smallest absolute Gasteiger partial charge is 0.237 e. The molecular formula is C22H26N4O3S. The predicted octanol–water partition coefficient (Wildman–Crippen LogP) is 4.39. The van der Waals surface area contributed by atoms with Crippen molar-refractivity contribution in [1.82, 2.24) is 14.8 Å². The molecule has 0 saturated carbocycles. The van der Waals surface area contributed by atoms with E-state index < -0.39 is 0 Å². The molecule has 1 aromatic heterocycles. The number of carbonyl (C=O) groups excluding carboxylic acids is 1. The van der Waals surface area contributed by atoms with Gasteiger partial charge in [-0.1, -0.05) is 42.1 Å². The molecule has 0 spiro atoms. The van der Waals surface area contributed by atoms with Crippen LogP contribution in [-0.4, -0.2) is 33.0 Å². The van der Waals surface area contributed by atoms with Crippen molar-refractivity contribution in [1.29, 1.82) is 0 Å². The van der Waals surface area contributed by atoms with Crippen LogP contribution >= 0.6 is 11.8 Å². The molecule has 0 aliphatic heterocycles. The number of carbonyl (C=O) groups is 1. The van der Waals surface area contributed by atoms with Crippen LogP contribution in [0.3, 0.4) is 0 Å². The van der Waals surface area contributed by atoms with Crippen LogP contribution in [0.15, 0.2) is 53.7 Å². The number of hydrogen-bond acceptors (Lipinski definition) is 6. The first-order chi connectivity index (χ1) is 14.4. The molecule has 3 aromatic rings. The minimum absolute atomic E-state index is 0.0860. The van der Waals surface area contributed by atoms with Crippen molar-refractivity contribution in [2.45, 2.75) is 37.3 Å². The van der Waals surface area contributed by atoms with Gasteiger partial charge in [-0.15, -0.1) is 10.2 Å². The highest BCUT2D eigenvalue weighted by molar-refractivity contribution is 8.00. The van der Waals surface area contributed by atoms with E-state index in [1.807, 2.05) is 80.9 Å². The van der Waals surface area contributed by atoms with E-state index in [1.54, 1.807) is 7.11 Å². The third-order valence-corrected chi connectivity index (χ3v) is 5.79. The van der Waals surface area contributed by atoms with Crippen molar-refractivity contribution in [2.24, 2.45) is 7.05 Å². The fraction of sp³-hybridized carbons (Fsp3) is 0.318. The molecule has 8 heteroatoms. The van der Waals surface area contributed by atoms with Crippen LogP contribution < -0.4 is 14.8 Å². The van der Waals surface area contributed by atoms with Gasteiger partial charge in [-0.2, -0.15) is 0 Å². The van der Waals surface area contributed by atoms with E-state index in [4.69, 9.17) is 9.47 Å². The molecule has 158 valence electrons. The van der Waals surface area contributed by atoms with E-state index in [2.05, 4.69) is 15.5 Å². The Balaban J connectivity index is 1.67. The summed E-state index contributed by atoms with van der Waals surface area (Å²) in [6.07, 6.45) is -0.343. The summed E-state index contributed by atoms with van der Waals surface area (Å²) < 4.78 is 13.2. The number of aryl methyl sites for hydroxylation is 1. The molecular weight excluding hydrogens is 400 g/mol. The second kappa shape index (κ2) is 9.67. The van der Waals surface area contributed by atoms with Crippen molar-refractivity contribution < 1.29 is 14.3 Å². The Labute approximate surface area is 180 Å². The number of rotatable bonds is 8. The molecule has 0 aliphatic carbocycles. The van der Waals surface area contributed by atoms with Gasteiger partial charge in [0.05, 0.1) is 12.4 Å². The molecule has 2 unspecified atom stereocenters.